The summed E-state index contributed by atoms with van der Waals surface area (Å²) in [6.07, 6.45) is 2.44. The van der Waals surface area contributed by atoms with Crippen LogP contribution in [0, 0.1) is 5.92 Å². The van der Waals surface area contributed by atoms with Crippen molar-refractivity contribution in [2.75, 3.05) is 5.75 Å². The highest BCUT2D eigenvalue weighted by Crippen LogP contribution is 2.12. The molecule has 0 saturated carbocycles. The molecule has 0 fully saturated rings. The van der Waals surface area contributed by atoms with E-state index in [4.69, 9.17) is 5.73 Å². The van der Waals surface area contributed by atoms with E-state index in [1.807, 2.05) is 16.4 Å². The third kappa shape index (κ3) is 5.55. The van der Waals surface area contributed by atoms with E-state index in [2.05, 4.69) is 37.8 Å². The molecule has 1 rings (SSSR count). The molecule has 2 N–H and O–H groups in total. The summed E-state index contributed by atoms with van der Waals surface area (Å²) in [5, 5.41) is 4.88. The SMILES string of the molecule is CC(C)Cn1ncnc1CC(N)CSC(C)C. The summed E-state index contributed by atoms with van der Waals surface area (Å²) in [5.74, 6) is 2.57. The van der Waals surface area contributed by atoms with Gasteiger partial charge >= 0.3 is 0 Å². The summed E-state index contributed by atoms with van der Waals surface area (Å²) < 4.78 is 1.98. The van der Waals surface area contributed by atoms with Gasteiger partial charge in [-0.2, -0.15) is 16.9 Å². The molecule has 1 heterocycles. The standard InChI is InChI=1S/C12H24N4S/c1-9(2)6-16-12(14-8-15-16)5-11(13)7-17-10(3)4/h8-11H,5-7,13H2,1-4H3. The van der Waals surface area contributed by atoms with Crippen LogP contribution in [0.2, 0.25) is 0 Å². The zero-order chi connectivity index (χ0) is 12.8. The van der Waals surface area contributed by atoms with Gasteiger partial charge in [0.15, 0.2) is 0 Å². The van der Waals surface area contributed by atoms with Crippen LogP contribution in [-0.2, 0) is 13.0 Å². The van der Waals surface area contributed by atoms with Crippen LogP contribution in [0.25, 0.3) is 0 Å². The van der Waals surface area contributed by atoms with Crippen molar-refractivity contribution >= 4 is 11.8 Å². The van der Waals surface area contributed by atoms with Gasteiger partial charge < -0.3 is 5.73 Å². The van der Waals surface area contributed by atoms with E-state index in [0.717, 1.165) is 24.5 Å². The summed E-state index contributed by atoms with van der Waals surface area (Å²) in [4.78, 5) is 4.30. The van der Waals surface area contributed by atoms with Gasteiger partial charge in [0.05, 0.1) is 0 Å². The maximum Gasteiger partial charge on any atom is 0.138 e. The molecule has 98 valence electrons. The fraction of sp³-hybridized carbons (Fsp3) is 0.833. The molecule has 0 bridgehead atoms. The maximum absolute atomic E-state index is 6.11. The van der Waals surface area contributed by atoms with Gasteiger partial charge in [0, 0.05) is 24.8 Å². The molecule has 1 aromatic heterocycles. The fourth-order valence-corrected chi connectivity index (χ4v) is 2.30. The number of nitrogens with two attached hydrogens (primary N) is 1. The first-order valence-electron chi connectivity index (χ1n) is 6.23. The molecule has 5 heteroatoms. The van der Waals surface area contributed by atoms with Gasteiger partial charge in [0.1, 0.15) is 12.2 Å². The Morgan fingerprint density at radius 1 is 1.35 bits per heavy atom. The van der Waals surface area contributed by atoms with Crippen LogP contribution in [0.4, 0.5) is 0 Å². The van der Waals surface area contributed by atoms with Crippen LogP contribution in [0.5, 0.6) is 0 Å². The van der Waals surface area contributed by atoms with Gasteiger partial charge in [-0.25, -0.2) is 9.67 Å². The monoisotopic (exact) mass is 256 g/mol. The minimum atomic E-state index is 0.164. The van der Waals surface area contributed by atoms with Gasteiger partial charge in [-0.1, -0.05) is 27.7 Å². The molecule has 0 amide bonds. The molecular formula is C12H24N4S. The zero-order valence-electron chi connectivity index (χ0n) is 11.3. The predicted molar refractivity (Wildman–Crippen MR) is 74.1 cm³/mol. The van der Waals surface area contributed by atoms with Gasteiger partial charge in [-0.15, -0.1) is 0 Å². The van der Waals surface area contributed by atoms with Crippen LogP contribution in [0.15, 0.2) is 6.33 Å². The molecule has 0 aliphatic heterocycles. The molecule has 1 aromatic rings. The Morgan fingerprint density at radius 3 is 2.65 bits per heavy atom. The van der Waals surface area contributed by atoms with Gasteiger partial charge in [-0.3, -0.25) is 0 Å². The van der Waals surface area contributed by atoms with E-state index in [0.29, 0.717) is 11.2 Å². The minimum Gasteiger partial charge on any atom is -0.327 e. The molecule has 1 unspecified atom stereocenters. The summed E-state index contributed by atoms with van der Waals surface area (Å²) >= 11 is 1.90. The number of nitrogens with zero attached hydrogens (tertiary/aromatic N) is 3. The van der Waals surface area contributed by atoms with E-state index in [1.165, 1.54) is 0 Å². The average molecular weight is 256 g/mol. The quantitative estimate of drug-likeness (QED) is 0.810. The topological polar surface area (TPSA) is 56.7 Å². The van der Waals surface area contributed by atoms with Gasteiger partial charge in [0.25, 0.3) is 0 Å². The largest absolute Gasteiger partial charge is 0.327 e. The molecule has 4 nitrogen and oxygen atoms in total. The van der Waals surface area contributed by atoms with Crippen molar-refractivity contribution in [2.45, 2.75) is 52.0 Å². The smallest absolute Gasteiger partial charge is 0.138 e. The van der Waals surface area contributed by atoms with E-state index in [-0.39, 0.29) is 6.04 Å². The summed E-state index contributed by atoms with van der Waals surface area (Å²) in [6, 6.07) is 0.164. The molecule has 0 radical (unpaired) electrons. The predicted octanol–water partition coefficient (Wildman–Crippen LogP) is 1.95. The van der Waals surface area contributed by atoms with Crippen LogP contribution in [0.3, 0.4) is 0 Å². The number of thioether (sulfide) groups is 1. The average Bonchev–Trinajstić information content (AvgIpc) is 2.62. The Balaban J connectivity index is 2.47. The van der Waals surface area contributed by atoms with Gasteiger partial charge in [0.2, 0.25) is 0 Å². The van der Waals surface area contributed by atoms with E-state index in [1.54, 1.807) is 6.33 Å². The maximum atomic E-state index is 6.11. The summed E-state index contributed by atoms with van der Waals surface area (Å²) in [6.45, 7) is 9.66. The third-order valence-corrected chi connectivity index (χ3v) is 3.61. The van der Waals surface area contributed by atoms with E-state index < -0.39 is 0 Å². The normalized spacial score (nSPS) is 13.6. The molecule has 0 aromatic carbocycles. The highest BCUT2D eigenvalue weighted by atomic mass is 32.2. The lowest BCUT2D eigenvalue weighted by Crippen LogP contribution is -2.28. The lowest BCUT2D eigenvalue weighted by atomic mass is 10.2. The van der Waals surface area contributed by atoms with Crippen molar-refractivity contribution in [1.29, 1.82) is 0 Å². The van der Waals surface area contributed by atoms with Crippen molar-refractivity contribution < 1.29 is 0 Å². The number of rotatable bonds is 7. The third-order valence-electron chi connectivity index (χ3n) is 2.32. The van der Waals surface area contributed by atoms with Crippen molar-refractivity contribution in [1.82, 2.24) is 14.8 Å². The lowest BCUT2D eigenvalue weighted by Gasteiger charge is -2.14. The second kappa shape index (κ2) is 7.01. The summed E-state index contributed by atoms with van der Waals surface area (Å²) in [7, 11) is 0. The van der Waals surface area contributed by atoms with Crippen LogP contribution < -0.4 is 5.73 Å². The molecule has 0 spiro atoms. The van der Waals surface area contributed by atoms with Crippen LogP contribution in [-0.4, -0.2) is 31.8 Å². The Hall–Kier alpha value is -0.550. The first-order valence-corrected chi connectivity index (χ1v) is 7.27. The van der Waals surface area contributed by atoms with Crippen molar-refractivity contribution in [2.24, 2.45) is 11.7 Å². The number of hydrogen-bond acceptors (Lipinski definition) is 4. The van der Waals surface area contributed by atoms with Crippen molar-refractivity contribution in [3.05, 3.63) is 12.2 Å². The molecule has 0 aliphatic rings. The van der Waals surface area contributed by atoms with Crippen molar-refractivity contribution in [3.63, 3.8) is 0 Å². The molecular weight excluding hydrogens is 232 g/mol. The van der Waals surface area contributed by atoms with E-state index in [9.17, 15) is 0 Å². The summed E-state index contributed by atoms with van der Waals surface area (Å²) in [5.41, 5.74) is 6.11. The first kappa shape index (κ1) is 14.5. The molecule has 17 heavy (non-hydrogen) atoms. The second-order valence-electron chi connectivity index (χ2n) is 5.10. The number of aromatic nitrogens is 3. The first-order chi connectivity index (χ1) is 7.99. The fourth-order valence-electron chi connectivity index (χ4n) is 1.55. The van der Waals surface area contributed by atoms with Crippen LogP contribution in [0.1, 0.15) is 33.5 Å². The van der Waals surface area contributed by atoms with Crippen LogP contribution >= 0.6 is 11.8 Å². The molecule has 0 aliphatic carbocycles. The zero-order valence-corrected chi connectivity index (χ0v) is 12.1. The Bertz CT molecular complexity index is 322. The Morgan fingerprint density at radius 2 is 2.06 bits per heavy atom. The number of hydrogen-bond donors (Lipinski definition) is 1. The molecule has 0 saturated heterocycles. The van der Waals surface area contributed by atoms with Crippen molar-refractivity contribution in [3.8, 4) is 0 Å². The minimum absolute atomic E-state index is 0.164. The van der Waals surface area contributed by atoms with Gasteiger partial charge in [-0.05, 0) is 11.2 Å². The lowest BCUT2D eigenvalue weighted by molar-refractivity contribution is 0.461. The van der Waals surface area contributed by atoms with E-state index >= 15 is 0 Å². The highest BCUT2D eigenvalue weighted by Gasteiger charge is 2.11. The molecule has 1 atom stereocenters. The second-order valence-corrected chi connectivity index (χ2v) is 6.71. The Kier molecular flexibility index (Phi) is 5.98. The Labute approximate surface area is 108 Å². The highest BCUT2D eigenvalue weighted by molar-refractivity contribution is 7.99.